The Labute approximate surface area is 195 Å². The van der Waals surface area contributed by atoms with Gasteiger partial charge in [0.05, 0.1) is 6.61 Å². The molecular weight excluding hydrogens is 418 g/mol. The van der Waals surface area contributed by atoms with Gasteiger partial charge < -0.3 is 24.6 Å². The molecule has 6 nitrogen and oxygen atoms in total. The first kappa shape index (κ1) is 23.5. The second-order valence-corrected chi connectivity index (χ2v) is 8.48. The van der Waals surface area contributed by atoms with E-state index in [9.17, 15) is 9.90 Å². The van der Waals surface area contributed by atoms with Crippen LogP contribution in [0.25, 0.3) is 11.1 Å². The Bertz CT molecular complexity index is 1000. The van der Waals surface area contributed by atoms with E-state index < -0.39 is 6.29 Å². The minimum atomic E-state index is -0.556. The maximum Gasteiger partial charge on any atom is 0.286 e. The summed E-state index contributed by atoms with van der Waals surface area (Å²) < 4.78 is 17.1. The molecule has 0 unspecified atom stereocenters. The lowest BCUT2D eigenvalue weighted by Gasteiger charge is -2.37. The van der Waals surface area contributed by atoms with Crippen molar-refractivity contribution in [1.82, 2.24) is 5.32 Å². The average Bonchev–Trinajstić information content (AvgIpc) is 3.22. The molecule has 0 aromatic heterocycles. The summed E-state index contributed by atoms with van der Waals surface area (Å²) in [6.45, 7) is 3.35. The number of ether oxygens (including phenoxy) is 3. The van der Waals surface area contributed by atoms with E-state index in [1.165, 1.54) is 27.8 Å². The van der Waals surface area contributed by atoms with Crippen LogP contribution in [0, 0.1) is 5.92 Å². The number of nitrogens with one attached hydrogen (secondary N) is 1. The quantitative estimate of drug-likeness (QED) is 0.459. The van der Waals surface area contributed by atoms with E-state index in [1.54, 1.807) is 7.11 Å². The summed E-state index contributed by atoms with van der Waals surface area (Å²) >= 11 is 0. The fraction of sp³-hybridized carbons (Fsp3) is 0.444. The van der Waals surface area contributed by atoms with Crippen molar-refractivity contribution < 1.29 is 24.1 Å². The van der Waals surface area contributed by atoms with E-state index >= 15 is 0 Å². The highest BCUT2D eigenvalue weighted by atomic mass is 16.7. The molecule has 2 aromatic carbocycles. The third-order valence-corrected chi connectivity index (χ3v) is 6.47. The van der Waals surface area contributed by atoms with Crippen molar-refractivity contribution in [1.29, 1.82) is 0 Å². The van der Waals surface area contributed by atoms with E-state index in [-0.39, 0.29) is 30.1 Å². The Hall–Kier alpha value is -2.67. The van der Waals surface area contributed by atoms with Crippen molar-refractivity contribution in [3.8, 4) is 11.1 Å². The lowest BCUT2D eigenvalue weighted by Crippen LogP contribution is -2.39. The summed E-state index contributed by atoms with van der Waals surface area (Å²) in [5.74, 6) is -0.0572. The number of amides is 1. The van der Waals surface area contributed by atoms with E-state index in [0.29, 0.717) is 26.2 Å². The molecule has 2 aliphatic rings. The summed E-state index contributed by atoms with van der Waals surface area (Å²) in [6.07, 6.45) is 3.63. The number of carbonyl (C=O) groups is 1. The van der Waals surface area contributed by atoms with E-state index in [0.717, 1.165) is 12.8 Å². The van der Waals surface area contributed by atoms with E-state index in [4.69, 9.17) is 14.2 Å². The number of carbonyl (C=O) groups excluding carboxylic acids is 1. The topological polar surface area (TPSA) is 77.0 Å². The fourth-order valence-corrected chi connectivity index (χ4v) is 4.97. The molecule has 0 saturated heterocycles. The SMILES string of the molecule is CCO[C@@H]1OC(C(=O)NCCOC)=C[C@H](c2cccc3c2Cc2ccccc2-3)[C@H]1CCCO. The molecule has 3 atom stereocenters. The van der Waals surface area contributed by atoms with Crippen molar-refractivity contribution in [3.63, 3.8) is 0 Å². The molecule has 2 N–H and O–H groups in total. The molecule has 0 spiro atoms. The Kier molecular flexibility index (Phi) is 7.81. The van der Waals surface area contributed by atoms with E-state index in [1.807, 2.05) is 13.0 Å². The van der Waals surface area contributed by atoms with Crippen LogP contribution in [0.2, 0.25) is 0 Å². The molecule has 176 valence electrons. The van der Waals surface area contributed by atoms with Gasteiger partial charge in [0, 0.05) is 38.7 Å². The Morgan fingerprint density at radius 2 is 2.00 bits per heavy atom. The summed E-state index contributed by atoms with van der Waals surface area (Å²) in [5, 5.41) is 12.4. The van der Waals surface area contributed by atoms with Crippen molar-refractivity contribution in [2.75, 3.05) is 33.5 Å². The summed E-state index contributed by atoms with van der Waals surface area (Å²) in [4.78, 5) is 12.9. The van der Waals surface area contributed by atoms with Gasteiger partial charge in [-0.25, -0.2) is 0 Å². The van der Waals surface area contributed by atoms with Crippen molar-refractivity contribution in [2.45, 2.75) is 38.4 Å². The van der Waals surface area contributed by atoms with Crippen molar-refractivity contribution in [3.05, 3.63) is 71.0 Å². The summed E-state index contributed by atoms with van der Waals surface area (Å²) in [5.41, 5.74) is 6.34. The number of aliphatic hydroxyl groups is 1. The molecule has 0 bridgehead atoms. The van der Waals surface area contributed by atoms with Gasteiger partial charge in [0.15, 0.2) is 5.76 Å². The van der Waals surface area contributed by atoms with Crippen LogP contribution in [-0.4, -0.2) is 50.8 Å². The van der Waals surface area contributed by atoms with Crippen LogP contribution in [0.4, 0.5) is 0 Å². The zero-order valence-electron chi connectivity index (χ0n) is 19.4. The van der Waals surface area contributed by atoms with Gasteiger partial charge in [-0.1, -0.05) is 42.5 Å². The number of fused-ring (bicyclic) bond motifs is 3. The summed E-state index contributed by atoms with van der Waals surface area (Å²) in [6, 6.07) is 14.9. The number of allylic oxidation sites excluding steroid dienone is 1. The van der Waals surface area contributed by atoms with E-state index in [2.05, 4.69) is 47.8 Å². The second-order valence-electron chi connectivity index (χ2n) is 8.48. The molecule has 1 amide bonds. The van der Waals surface area contributed by atoms with Crippen LogP contribution in [0.15, 0.2) is 54.3 Å². The smallest absolute Gasteiger partial charge is 0.286 e. The number of aliphatic hydroxyl groups excluding tert-OH is 1. The van der Waals surface area contributed by atoms with Crippen LogP contribution in [0.5, 0.6) is 0 Å². The molecule has 0 saturated carbocycles. The predicted molar refractivity (Wildman–Crippen MR) is 127 cm³/mol. The van der Waals surface area contributed by atoms with Gasteiger partial charge in [-0.15, -0.1) is 0 Å². The monoisotopic (exact) mass is 451 g/mol. The molecule has 33 heavy (non-hydrogen) atoms. The molecule has 1 aliphatic carbocycles. The van der Waals surface area contributed by atoms with Crippen LogP contribution in [0.1, 0.15) is 42.4 Å². The van der Waals surface area contributed by atoms with Crippen molar-refractivity contribution >= 4 is 5.91 Å². The van der Waals surface area contributed by atoms with Gasteiger partial charge in [0.2, 0.25) is 6.29 Å². The Morgan fingerprint density at radius 1 is 1.18 bits per heavy atom. The van der Waals surface area contributed by atoms with Crippen molar-refractivity contribution in [2.24, 2.45) is 5.92 Å². The first-order valence-electron chi connectivity index (χ1n) is 11.8. The van der Waals surface area contributed by atoms with Gasteiger partial charge in [-0.2, -0.15) is 0 Å². The van der Waals surface area contributed by atoms with Gasteiger partial charge in [-0.3, -0.25) is 4.79 Å². The predicted octanol–water partition coefficient (Wildman–Crippen LogP) is 3.77. The first-order valence-corrected chi connectivity index (χ1v) is 11.8. The van der Waals surface area contributed by atoms with Gasteiger partial charge in [0.25, 0.3) is 5.91 Å². The minimum absolute atomic E-state index is 0.0113. The molecule has 4 rings (SSSR count). The lowest BCUT2D eigenvalue weighted by atomic mass is 9.78. The Morgan fingerprint density at radius 3 is 2.79 bits per heavy atom. The molecule has 2 aromatic rings. The zero-order chi connectivity index (χ0) is 23.2. The number of benzene rings is 2. The number of hydrogen-bond donors (Lipinski definition) is 2. The van der Waals surface area contributed by atoms with Gasteiger partial charge in [0.1, 0.15) is 0 Å². The standard InChI is InChI=1S/C27H33NO5/c1-3-32-27-22(12-7-14-29)24(17-25(33-27)26(30)28-13-15-31-2)21-11-6-10-20-19-9-5-4-8-18(19)16-23(20)21/h4-6,8-11,17,22,24,27,29H,3,7,12-16H2,1-2H3,(H,28,30)/t22-,24-,27-/m1/s1. The molecular formula is C27H33NO5. The third kappa shape index (κ3) is 4.98. The first-order chi connectivity index (χ1) is 16.2. The number of methoxy groups -OCH3 is 1. The minimum Gasteiger partial charge on any atom is -0.459 e. The summed E-state index contributed by atoms with van der Waals surface area (Å²) in [7, 11) is 1.60. The molecule has 0 radical (unpaired) electrons. The molecule has 1 aliphatic heterocycles. The zero-order valence-corrected chi connectivity index (χ0v) is 19.4. The normalized spacial score (nSPS) is 21.1. The van der Waals surface area contributed by atoms with Crippen LogP contribution in [-0.2, 0) is 25.4 Å². The number of rotatable bonds is 10. The molecule has 1 heterocycles. The number of hydrogen-bond acceptors (Lipinski definition) is 5. The largest absolute Gasteiger partial charge is 0.459 e. The third-order valence-electron chi connectivity index (χ3n) is 6.47. The molecule has 6 heteroatoms. The van der Waals surface area contributed by atoms with Crippen LogP contribution >= 0.6 is 0 Å². The highest BCUT2D eigenvalue weighted by Crippen LogP contribution is 2.45. The maximum atomic E-state index is 12.9. The van der Waals surface area contributed by atoms with Crippen LogP contribution in [0.3, 0.4) is 0 Å². The Balaban J connectivity index is 1.74. The average molecular weight is 452 g/mol. The van der Waals surface area contributed by atoms with Gasteiger partial charge in [-0.05, 0) is 60.1 Å². The highest BCUT2D eigenvalue weighted by molar-refractivity contribution is 5.91. The van der Waals surface area contributed by atoms with Gasteiger partial charge >= 0.3 is 0 Å². The van der Waals surface area contributed by atoms with Crippen LogP contribution < -0.4 is 5.32 Å². The maximum absolute atomic E-state index is 12.9. The lowest BCUT2D eigenvalue weighted by molar-refractivity contribution is -0.166. The fourth-order valence-electron chi connectivity index (χ4n) is 4.97. The highest BCUT2D eigenvalue weighted by Gasteiger charge is 2.39. The molecule has 0 fully saturated rings. The second kappa shape index (κ2) is 11.0.